The van der Waals surface area contributed by atoms with Crippen LogP contribution in [0.3, 0.4) is 0 Å². The Hall–Kier alpha value is -2.33. The van der Waals surface area contributed by atoms with E-state index in [2.05, 4.69) is 23.3 Å². The zero-order chi connectivity index (χ0) is 15.0. The number of nitrogens with two attached hydrogens (primary N) is 1. The molecule has 0 atom stereocenters. The Balaban J connectivity index is 2.11. The summed E-state index contributed by atoms with van der Waals surface area (Å²) in [4.78, 5) is 0. The van der Waals surface area contributed by atoms with Gasteiger partial charge in [-0.25, -0.2) is 0 Å². The van der Waals surface area contributed by atoms with Crippen molar-refractivity contribution in [1.82, 2.24) is 15.0 Å². The molecule has 3 aromatic rings. The molecule has 106 valence electrons. The maximum atomic E-state index is 6.23. The number of nitrogen functional groups attached to an aromatic ring is 1. The number of nitrogens with zero attached hydrogens (tertiary/aromatic N) is 3. The lowest BCUT2D eigenvalue weighted by atomic mass is 10.1. The molecule has 0 spiro atoms. The van der Waals surface area contributed by atoms with Gasteiger partial charge in [0.25, 0.3) is 0 Å². The van der Waals surface area contributed by atoms with Crippen LogP contribution in [-0.4, -0.2) is 15.0 Å². The molecular formula is C16H15ClN4. The smallest absolute Gasteiger partial charge is 0.155 e. The highest BCUT2D eigenvalue weighted by molar-refractivity contribution is 6.30. The predicted octanol–water partition coefficient (Wildman–Crippen LogP) is 3.79. The summed E-state index contributed by atoms with van der Waals surface area (Å²) in [5.74, 6) is 0.519. The van der Waals surface area contributed by atoms with Crippen LogP contribution in [0.25, 0.3) is 16.9 Å². The van der Waals surface area contributed by atoms with Gasteiger partial charge in [-0.1, -0.05) is 41.1 Å². The van der Waals surface area contributed by atoms with Gasteiger partial charge in [0.2, 0.25) is 0 Å². The molecule has 0 aliphatic carbocycles. The van der Waals surface area contributed by atoms with Crippen LogP contribution in [0.4, 0.5) is 5.82 Å². The fraction of sp³-hybridized carbons (Fsp3) is 0.125. The monoisotopic (exact) mass is 298 g/mol. The van der Waals surface area contributed by atoms with Gasteiger partial charge in [0.1, 0.15) is 5.69 Å². The van der Waals surface area contributed by atoms with Crippen LogP contribution in [0.15, 0.2) is 42.5 Å². The van der Waals surface area contributed by atoms with Gasteiger partial charge in [-0.2, -0.15) is 4.68 Å². The van der Waals surface area contributed by atoms with Gasteiger partial charge >= 0.3 is 0 Å². The van der Waals surface area contributed by atoms with E-state index in [1.807, 2.05) is 43.3 Å². The molecule has 21 heavy (non-hydrogen) atoms. The second kappa shape index (κ2) is 5.22. The Morgan fingerprint density at radius 3 is 2.48 bits per heavy atom. The van der Waals surface area contributed by atoms with Crippen molar-refractivity contribution in [1.29, 1.82) is 0 Å². The number of benzene rings is 2. The number of anilines is 1. The van der Waals surface area contributed by atoms with E-state index in [0.717, 1.165) is 16.8 Å². The van der Waals surface area contributed by atoms with Gasteiger partial charge in [0, 0.05) is 10.6 Å². The molecule has 1 aromatic heterocycles. The van der Waals surface area contributed by atoms with E-state index in [0.29, 0.717) is 16.5 Å². The zero-order valence-corrected chi connectivity index (χ0v) is 12.6. The summed E-state index contributed by atoms with van der Waals surface area (Å²) in [5, 5.41) is 9.08. The first-order valence-corrected chi connectivity index (χ1v) is 6.99. The largest absolute Gasteiger partial charge is 0.382 e. The average Bonchev–Trinajstić information content (AvgIpc) is 2.85. The third-order valence-corrected chi connectivity index (χ3v) is 3.88. The maximum absolute atomic E-state index is 6.23. The molecule has 0 aliphatic heterocycles. The fourth-order valence-corrected chi connectivity index (χ4v) is 2.37. The quantitative estimate of drug-likeness (QED) is 0.783. The van der Waals surface area contributed by atoms with E-state index in [1.165, 1.54) is 5.56 Å². The third kappa shape index (κ3) is 2.38. The molecule has 4 nitrogen and oxygen atoms in total. The summed E-state index contributed by atoms with van der Waals surface area (Å²) in [6.07, 6.45) is 0. The van der Waals surface area contributed by atoms with E-state index in [4.69, 9.17) is 17.3 Å². The van der Waals surface area contributed by atoms with Crippen molar-refractivity contribution in [2.75, 3.05) is 5.73 Å². The van der Waals surface area contributed by atoms with Crippen LogP contribution in [0.2, 0.25) is 5.02 Å². The topological polar surface area (TPSA) is 56.7 Å². The van der Waals surface area contributed by atoms with Gasteiger partial charge in [-0.15, -0.1) is 5.10 Å². The summed E-state index contributed by atoms with van der Waals surface area (Å²) in [7, 11) is 0. The lowest BCUT2D eigenvalue weighted by molar-refractivity contribution is 0.804. The molecule has 1 heterocycles. The van der Waals surface area contributed by atoms with Crippen molar-refractivity contribution in [2.45, 2.75) is 13.8 Å². The van der Waals surface area contributed by atoms with Crippen LogP contribution in [0, 0.1) is 13.8 Å². The number of rotatable bonds is 2. The molecule has 0 amide bonds. The molecule has 3 rings (SSSR count). The summed E-state index contributed by atoms with van der Waals surface area (Å²) >= 11 is 5.91. The van der Waals surface area contributed by atoms with E-state index in [-0.39, 0.29) is 0 Å². The number of aromatic nitrogens is 3. The normalized spacial score (nSPS) is 10.8. The van der Waals surface area contributed by atoms with E-state index in [9.17, 15) is 0 Å². The minimum atomic E-state index is 0.519. The molecule has 0 fully saturated rings. The van der Waals surface area contributed by atoms with Gasteiger partial charge in [-0.05, 0) is 43.2 Å². The van der Waals surface area contributed by atoms with Crippen molar-refractivity contribution >= 4 is 17.4 Å². The third-order valence-electron chi connectivity index (χ3n) is 3.63. The molecular weight excluding hydrogens is 284 g/mol. The van der Waals surface area contributed by atoms with Crippen molar-refractivity contribution in [3.63, 3.8) is 0 Å². The first-order chi connectivity index (χ1) is 10.1. The lowest BCUT2D eigenvalue weighted by Gasteiger charge is -2.09. The van der Waals surface area contributed by atoms with Crippen LogP contribution in [0.5, 0.6) is 0 Å². The SMILES string of the molecule is Cc1cccc(-n2nnc(-c3ccc(Cl)cc3)c2N)c1C. The Morgan fingerprint density at radius 2 is 1.76 bits per heavy atom. The Bertz CT molecular complexity index is 791. The summed E-state index contributed by atoms with van der Waals surface area (Å²) in [6.45, 7) is 4.11. The zero-order valence-electron chi connectivity index (χ0n) is 11.8. The molecule has 0 saturated heterocycles. The lowest BCUT2D eigenvalue weighted by Crippen LogP contribution is -2.05. The second-order valence-corrected chi connectivity index (χ2v) is 5.40. The van der Waals surface area contributed by atoms with E-state index >= 15 is 0 Å². The van der Waals surface area contributed by atoms with Gasteiger partial charge < -0.3 is 5.73 Å². The molecule has 2 N–H and O–H groups in total. The van der Waals surface area contributed by atoms with Crippen molar-refractivity contribution in [2.24, 2.45) is 0 Å². The van der Waals surface area contributed by atoms with Crippen LogP contribution in [0.1, 0.15) is 11.1 Å². The molecule has 2 aromatic carbocycles. The molecule has 5 heteroatoms. The molecule has 0 radical (unpaired) electrons. The molecule has 0 bridgehead atoms. The second-order valence-electron chi connectivity index (χ2n) is 4.96. The molecule has 0 aliphatic rings. The van der Waals surface area contributed by atoms with E-state index < -0.39 is 0 Å². The van der Waals surface area contributed by atoms with Crippen LogP contribution >= 0.6 is 11.6 Å². The van der Waals surface area contributed by atoms with Gasteiger partial charge in [0.05, 0.1) is 5.69 Å². The number of hydrogen-bond donors (Lipinski definition) is 1. The maximum Gasteiger partial charge on any atom is 0.155 e. The average molecular weight is 299 g/mol. The standard InChI is InChI=1S/C16H15ClN4/c1-10-4-3-5-14(11(10)2)21-16(18)15(19-20-21)12-6-8-13(17)9-7-12/h3-9H,18H2,1-2H3. The first kappa shape index (κ1) is 13.6. The van der Waals surface area contributed by atoms with Crippen molar-refractivity contribution in [3.05, 3.63) is 58.6 Å². The number of aryl methyl sites for hydroxylation is 1. The highest BCUT2D eigenvalue weighted by atomic mass is 35.5. The van der Waals surface area contributed by atoms with Gasteiger partial charge in [-0.3, -0.25) is 0 Å². The molecule has 0 unspecified atom stereocenters. The Labute approximate surface area is 128 Å². The van der Waals surface area contributed by atoms with Crippen molar-refractivity contribution < 1.29 is 0 Å². The number of hydrogen-bond acceptors (Lipinski definition) is 3. The minimum Gasteiger partial charge on any atom is -0.382 e. The minimum absolute atomic E-state index is 0.519. The highest BCUT2D eigenvalue weighted by Crippen LogP contribution is 2.27. The number of halogens is 1. The predicted molar refractivity (Wildman–Crippen MR) is 85.7 cm³/mol. The van der Waals surface area contributed by atoms with E-state index in [1.54, 1.807) is 4.68 Å². The Morgan fingerprint density at radius 1 is 1.05 bits per heavy atom. The summed E-state index contributed by atoms with van der Waals surface area (Å²) in [5.41, 5.74) is 11.1. The Kier molecular flexibility index (Phi) is 3.39. The molecule has 0 saturated carbocycles. The highest BCUT2D eigenvalue weighted by Gasteiger charge is 2.14. The van der Waals surface area contributed by atoms with Crippen LogP contribution < -0.4 is 5.73 Å². The summed E-state index contributed by atoms with van der Waals surface area (Å²) in [6, 6.07) is 13.4. The van der Waals surface area contributed by atoms with Gasteiger partial charge in [0.15, 0.2) is 5.82 Å². The summed E-state index contributed by atoms with van der Waals surface area (Å²) < 4.78 is 1.67. The fourth-order valence-electron chi connectivity index (χ4n) is 2.25. The first-order valence-electron chi connectivity index (χ1n) is 6.61. The van der Waals surface area contributed by atoms with Crippen LogP contribution in [-0.2, 0) is 0 Å². The van der Waals surface area contributed by atoms with Crippen molar-refractivity contribution in [3.8, 4) is 16.9 Å².